The van der Waals surface area contributed by atoms with Crippen molar-refractivity contribution in [2.24, 2.45) is 0 Å². The van der Waals surface area contributed by atoms with E-state index in [4.69, 9.17) is 10.5 Å². The van der Waals surface area contributed by atoms with Gasteiger partial charge in [0.2, 0.25) is 0 Å². The number of nitrogens with two attached hydrogens (primary N) is 1. The Hall–Kier alpha value is -3.23. The molecule has 0 saturated heterocycles. The van der Waals surface area contributed by atoms with Crippen molar-refractivity contribution in [3.8, 4) is 0 Å². The molecule has 2 aromatic carbocycles. The maximum atomic E-state index is 12.6. The number of rotatable bonds is 6. The van der Waals surface area contributed by atoms with Gasteiger partial charge in [-0.2, -0.15) is 13.2 Å². The minimum absolute atomic E-state index is 0.236. The molecule has 6 nitrogen and oxygen atoms in total. The van der Waals surface area contributed by atoms with Crippen molar-refractivity contribution in [2.45, 2.75) is 12.7 Å². The first-order valence-corrected chi connectivity index (χ1v) is 8.24. The van der Waals surface area contributed by atoms with Gasteiger partial charge in [0.25, 0.3) is 5.91 Å². The summed E-state index contributed by atoms with van der Waals surface area (Å²) >= 11 is 0. The number of hydrogen-bond donors (Lipinski definition) is 2. The van der Waals surface area contributed by atoms with E-state index in [0.29, 0.717) is 6.07 Å². The lowest BCUT2D eigenvalue weighted by Crippen LogP contribution is -2.28. The third-order valence-corrected chi connectivity index (χ3v) is 3.88. The van der Waals surface area contributed by atoms with E-state index in [-0.39, 0.29) is 17.8 Å². The van der Waals surface area contributed by atoms with Gasteiger partial charge in [0, 0.05) is 32.0 Å². The molecule has 2 rings (SSSR count). The zero-order chi connectivity index (χ0) is 20.9. The summed E-state index contributed by atoms with van der Waals surface area (Å²) < 4.78 is 42.7. The number of anilines is 2. The molecule has 0 radical (unpaired) electrons. The summed E-state index contributed by atoms with van der Waals surface area (Å²) in [5.41, 5.74) is 5.78. The van der Waals surface area contributed by atoms with Gasteiger partial charge in [-0.3, -0.25) is 4.79 Å². The van der Waals surface area contributed by atoms with Crippen LogP contribution in [-0.4, -0.2) is 32.6 Å². The normalized spacial score (nSPS) is 11.0. The van der Waals surface area contributed by atoms with E-state index in [1.165, 1.54) is 0 Å². The number of alkyl halides is 3. The van der Waals surface area contributed by atoms with Crippen LogP contribution < -0.4 is 16.0 Å². The van der Waals surface area contributed by atoms with E-state index in [1.54, 1.807) is 0 Å². The van der Waals surface area contributed by atoms with Crippen LogP contribution in [0.15, 0.2) is 42.5 Å². The minimum Gasteiger partial charge on any atom is -0.452 e. The summed E-state index contributed by atoms with van der Waals surface area (Å²) in [6.45, 7) is -0.332. The van der Waals surface area contributed by atoms with E-state index < -0.39 is 30.2 Å². The first-order chi connectivity index (χ1) is 13.1. The summed E-state index contributed by atoms with van der Waals surface area (Å²) in [7, 11) is 3.82. The Morgan fingerprint density at radius 1 is 1.11 bits per heavy atom. The number of esters is 1. The number of amides is 1. The number of hydrogen-bond acceptors (Lipinski definition) is 5. The molecule has 9 heteroatoms. The van der Waals surface area contributed by atoms with Crippen molar-refractivity contribution in [1.29, 1.82) is 0 Å². The largest absolute Gasteiger partial charge is 0.452 e. The molecule has 2 aromatic rings. The number of nitrogens with one attached hydrogen (secondary N) is 1. The van der Waals surface area contributed by atoms with E-state index in [9.17, 15) is 22.8 Å². The number of halogens is 3. The fraction of sp³-hybridized carbons (Fsp3) is 0.263. The van der Waals surface area contributed by atoms with Gasteiger partial charge in [-0.1, -0.05) is 12.1 Å². The molecule has 1 amide bonds. The number of carbonyl (C=O) groups excluding carboxylic acids is 2. The maximum absolute atomic E-state index is 12.6. The Morgan fingerprint density at radius 3 is 2.29 bits per heavy atom. The number of carbonyl (C=O) groups is 2. The van der Waals surface area contributed by atoms with Crippen molar-refractivity contribution in [3.05, 3.63) is 59.2 Å². The molecule has 0 bridgehead atoms. The number of benzene rings is 2. The van der Waals surface area contributed by atoms with Gasteiger partial charge in [0.15, 0.2) is 6.61 Å². The second-order valence-electron chi connectivity index (χ2n) is 6.21. The molecule has 0 fully saturated rings. The first-order valence-electron chi connectivity index (χ1n) is 8.24. The Kier molecular flexibility index (Phi) is 6.50. The van der Waals surface area contributed by atoms with Crippen molar-refractivity contribution in [1.82, 2.24) is 5.32 Å². The summed E-state index contributed by atoms with van der Waals surface area (Å²) in [6, 6.07) is 9.79. The van der Waals surface area contributed by atoms with Gasteiger partial charge in [0.05, 0.1) is 11.1 Å². The molecule has 0 aromatic heterocycles. The summed E-state index contributed by atoms with van der Waals surface area (Å²) in [4.78, 5) is 25.7. The summed E-state index contributed by atoms with van der Waals surface area (Å²) in [6.07, 6.45) is -4.57. The molecule has 3 N–H and O–H groups in total. The highest BCUT2D eigenvalue weighted by Gasteiger charge is 2.31. The smallest absolute Gasteiger partial charge is 0.416 e. The minimum atomic E-state index is -4.57. The highest BCUT2D eigenvalue weighted by molar-refractivity contribution is 5.96. The number of nitrogens with zero attached hydrogens (tertiary/aromatic N) is 1. The van der Waals surface area contributed by atoms with Crippen molar-refractivity contribution in [2.75, 3.05) is 31.3 Å². The van der Waals surface area contributed by atoms with E-state index in [2.05, 4.69) is 5.32 Å². The van der Waals surface area contributed by atoms with E-state index >= 15 is 0 Å². The molecule has 0 atom stereocenters. The van der Waals surface area contributed by atoms with Crippen LogP contribution in [0.25, 0.3) is 0 Å². The molecule has 0 aliphatic carbocycles. The second kappa shape index (κ2) is 8.64. The lowest BCUT2D eigenvalue weighted by Gasteiger charge is -2.13. The van der Waals surface area contributed by atoms with E-state index in [0.717, 1.165) is 23.4 Å². The third kappa shape index (κ3) is 5.63. The van der Waals surface area contributed by atoms with Crippen molar-refractivity contribution >= 4 is 23.3 Å². The standard InChI is InChI=1S/C19H20F3N3O3/c1-25(2)14-6-3-12(4-7-14)10-24-17(26)11-28-18(27)15-8-5-13(9-16(15)23)19(20,21)22/h3-9H,10-11,23H2,1-2H3,(H,24,26). The van der Waals surface area contributed by atoms with Crippen LogP contribution in [-0.2, 0) is 22.3 Å². The van der Waals surface area contributed by atoms with Crippen molar-refractivity contribution in [3.63, 3.8) is 0 Å². The molecule has 0 aliphatic heterocycles. The van der Waals surface area contributed by atoms with Gasteiger partial charge in [-0.05, 0) is 35.9 Å². The van der Waals surface area contributed by atoms with Crippen LogP contribution >= 0.6 is 0 Å². The Morgan fingerprint density at radius 2 is 1.75 bits per heavy atom. The molecule has 28 heavy (non-hydrogen) atoms. The molecular weight excluding hydrogens is 375 g/mol. The molecule has 0 spiro atoms. The van der Waals surface area contributed by atoms with Gasteiger partial charge in [0.1, 0.15) is 0 Å². The second-order valence-corrected chi connectivity index (χ2v) is 6.21. The molecule has 0 aliphatic rings. The van der Waals surface area contributed by atoms with Crippen LogP contribution in [0.1, 0.15) is 21.5 Å². The van der Waals surface area contributed by atoms with Crippen LogP contribution in [0.4, 0.5) is 24.5 Å². The first kappa shape index (κ1) is 21.1. The number of nitrogen functional groups attached to an aromatic ring is 1. The van der Waals surface area contributed by atoms with Gasteiger partial charge < -0.3 is 20.7 Å². The molecule has 0 heterocycles. The van der Waals surface area contributed by atoms with Crippen LogP contribution in [0.2, 0.25) is 0 Å². The monoisotopic (exact) mass is 395 g/mol. The lowest BCUT2D eigenvalue weighted by molar-refractivity contribution is -0.137. The topological polar surface area (TPSA) is 84.7 Å². The van der Waals surface area contributed by atoms with Gasteiger partial charge in [-0.25, -0.2) is 4.79 Å². The fourth-order valence-corrected chi connectivity index (χ4v) is 2.30. The predicted molar refractivity (Wildman–Crippen MR) is 98.8 cm³/mol. The average molecular weight is 395 g/mol. The Labute approximate surface area is 160 Å². The van der Waals surface area contributed by atoms with Crippen LogP contribution in [0.3, 0.4) is 0 Å². The molecule has 150 valence electrons. The molecular formula is C19H20F3N3O3. The quantitative estimate of drug-likeness (QED) is 0.580. The van der Waals surface area contributed by atoms with Crippen molar-refractivity contribution < 1.29 is 27.5 Å². The highest BCUT2D eigenvalue weighted by atomic mass is 19.4. The Balaban J connectivity index is 1.86. The zero-order valence-corrected chi connectivity index (χ0v) is 15.3. The third-order valence-electron chi connectivity index (χ3n) is 3.88. The summed E-state index contributed by atoms with van der Waals surface area (Å²) in [5, 5.41) is 2.59. The fourth-order valence-electron chi connectivity index (χ4n) is 2.30. The number of ether oxygens (including phenoxy) is 1. The average Bonchev–Trinajstić information content (AvgIpc) is 2.63. The highest BCUT2D eigenvalue weighted by Crippen LogP contribution is 2.31. The Bertz CT molecular complexity index is 850. The summed E-state index contributed by atoms with van der Waals surface area (Å²) in [5.74, 6) is -1.52. The molecule has 0 unspecified atom stereocenters. The van der Waals surface area contributed by atoms with Gasteiger partial charge >= 0.3 is 12.1 Å². The van der Waals surface area contributed by atoms with Crippen LogP contribution in [0, 0.1) is 0 Å². The van der Waals surface area contributed by atoms with E-state index in [1.807, 2.05) is 43.3 Å². The maximum Gasteiger partial charge on any atom is 0.416 e. The lowest BCUT2D eigenvalue weighted by atomic mass is 10.1. The SMILES string of the molecule is CN(C)c1ccc(CNC(=O)COC(=O)c2ccc(C(F)(F)F)cc2N)cc1. The van der Waals surface area contributed by atoms with Gasteiger partial charge in [-0.15, -0.1) is 0 Å². The molecule has 0 saturated carbocycles. The van der Waals surface area contributed by atoms with Crippen LogP contribution in [0.5, 0.6) is 0 Å². The predicted octanol–water partition coefficient (Wildman–Crippen LogP) is 2.83. The zero-order valence-electron chi connectivity index (χ0n) is 15.3.